The highest BCUT2D eigenvalue weighted by Crippen LogP contribution is 1.76. The topological polar surface area (TPSA) is 29.4 Å². The van der Waals surface area contributed by atoms with Gasteiger partial charge < -0.3 is 0 Å². The van der Waals surface area contributed by atoms with Crippen molar-refractivity contribution in [2.45, 2.75) is 13.1 Å². The SMILES string of the molecule is C[SiH](C)CN=C=O. The van der Waals surface area contributed by atoms with Crippen LogP contribution in [0.3, 0.4) is 0 Å². The van der Waals surface area contributed by atoms with Crippen LogP contribution in [-0.4, -0.2) is 21.0 Å². The molecule has 0 N–H and O–H groups in total. The molecule has 0 aliphatic rings. The van der Waals surface area contributed by atoms with Crippen LogP contribution in [-0.2, 0) is 4.79 Å². The van der Waals surface area contributed by atoms with E-state index in [2.05, 4.69) is 18.1 Å². The van der Waals surface area contributed by atoms with Gasteiger partial charge in [0.25, 0.3) is 0 Å². The van der Waals surface area contributed by atoms with Crippen LogP contribution in [0.4, 0.5) is 0 Å². The van der Waals surface area contributed by atoms with Gasteiger partial charge in [-0.2, -0.15) is 0 Å². The number of rotatable bonds is 2. The summed E-state index contributed by atoms with van der Waals surface area (Å²) in [6.45, 7) is 4.28. The molecule has 0 rings (SSSR count). The highest BCUT2D eigenvalue weighted by Gasteiger charge is 1.88. The van der Waals surface area contributed by atoms with Crippen LogP contribution in [0.2, 0.25) is 13.1 Å². The Hall–Kier alpha value is -0.403. The molecule has 0 fully saturated rings. The van der Waals surface area contributed by atoms with E-state index in [4.69, 9.17) is 0 Å². The second-order valence-electron chi connectivity index (χ2n) is 1.83. The van der Waals surface area contributed by atoms with E-state index in [0.717, 1.165) is 6.17 Å². The summed E-state index contributed by atoms with van der Waals surface area (Å²) in [7, 11) is -0.617. The van der Waals surface area contributed by atoms with Crippen LogP contribution < -0.4 is 0 Å². The number of carbonyl (C=O) groups excluding carboxylic acids is 1. The molecule has 0 heterocycles. The predicted molar refractivity (Wildman–Crippen MR) is 31.9 cm³/mol. The molecule has 0 atom stereocenters. The van der Waals surface area contributed by atoms with Gasteiger partial charge in [0, 0.05) is 6.17 Å². The van der Waals surface area contributed by atoms with Crippen LogP contribution in [0.1, 0.15) is 0 Å². The summed E-state index contributed by atoms with van der Waals surface area (Å²) in [5.74, 6) is 0. The van der Waals surface area contributed by atoms with E-state index in [1.54, 1.807) is 0 Å². The highest BCUT2D eigenvalue weighted by molar-refractivity contribution is 6.56. The minimum atomic E-state index is -0.617. The van der Waals surface area contributed by atoms with Crippen LogP contribution in [0.25, 0.3) is 0 Å². The van der Waals surface area contributed by atoms with Crippen molar-refractivity contribution in [2.75, 3.05) is 6.17 Å². The Balaban J connectivity index is 3.13. The van der Waals surface area contributed by atoms with Gasteiger partial charge in [-0.25, -0.2) is 9.79 Å². The van der Waals surface area contributed by atoms with Crippen molar-refractivity contribution in [3.63, 3.8) is 0 Å². The van der Waals surface area contributed by atoms with E-state index in [-0.39, 0.29) is 0 Å². The first-order valence-corrected chi connectivity index (χ1v) is 5.43. The van der Waals surface area contributed by atoms with E-state index in [1.807, 2.05) is 0 Å². The largest absolute Gasteiger partial charge is 0.234 e. The third-order valence-corrected chi connectivity index (χ3v) is 1.43. The highest BCUT2D eigenvalue weighted by atomic mass is 28.3. The van der Waals surface area contributed by atoms with Crippen molar-refractivity contribution < 1.29 is 4.79 Å². The molecule has 0 spiro atoms. The molecule has 0 radical (unpaired) electrons. The molecule has 7 heavy (non-hydrogen) atoms. The summed E-state index contributed by atoms with van der Waals surface area (Å²) in [5, 5.41) is 0. The second-order valence-corrected chi connectivity index (χ2v) is 4.98. The molecule has 0 aromatic heterocycles. The fourth-order valence-corrected chi connectivity index (χ4v) is 0.660. The van der Waals surface area contributed by atoms with Crippen LogP contribution in [0.15, 0.2) is 4.99 Å². The summed E-state index contributed by atoms with van der Waals surface area (Å²) < 4.78 is 0. The predicted octanol–water partition coefficient (Wildman–Crippen LogP) is 0.348. The number of aliphatic imine (C=N–C) groups is 1. The summed E-state index contributed by atoms with van der Waals surface area (Å²) in [4.78, 5) is 12.9. The minimum Gasteiger partial charge on any atom is -0.211 e. The maximum atomic E-state index is 9.44. The lowest BCUT2D eigenvalue weighted by Crippen LogP contribution is -2.04. The molecule has 0 aliphatic carbocycles. The molecule has 0 aromatic rings. The molecular formula is C4H9NOSi. The number of isocyanates is 1. The zero-order chi connectivity index (χ0) is 5.70. The molecule has 3 heteroatoms. The Labute approximate surface area is 44.9 Å². The fourth-order valence-electron chi connectivity index (χ4n) is 0.220. The first-order valence-electron chi connectivity index (χ1n) is 2.31. The Morgan fingerprint density at radius 3 is 2.43 bits per heavy atom. The van der Waals surface area contributed by atoms with E-state index in [1.165, 1.54) is 6.08 Å². The molecule has 0 saturated heterocycles. The lowest BCUT2D eigenvalue weighted by molar-refractivity contribution is 0.564. The lowest BCUT2D eigenvalue weighted by Gasteiger charge is -1.88. The van der Waals surface area contributed by atoms with Crippen molar-refractivity contribution in [2.24, 2.45) is 4.99 Å². The van der Waals surface area contributed by atoms with Crippen molar-refractivity contribution in [3.05, 3.63) is 0 Å². The van der Waals surface area contributed by atoms with Gasteiger partial charge in [-0.05, 0) is 0 Å². The third kappa shape index (κ3) is 5.60. The zero-order valence-corrected chi connectivity index (χ0v) is 5.79. The maximum absolute atomic E-state index is 9.44. The third-order valence-electron chi connectivity index (χ3n) is 0.521. The summed E-state index contributed by atoms with van der Waals surface area (Å²) >= 11 is 0. The fraction of sp³-hybridized carbons (Fsp3) is 0.750. The summed E-state index contributed by atoms with van der Waals surface area (Å²) in [6.07, 6.45) is 2.25. The van der Waals surface area contributed by atoms with E-state index < -0.39 is 8.80 Å². The number of nitrogens with zero attached hydrogens (tertiary/aromatic N) is 1. The monoisotopic (exact) mass is 115 g/mol. The average Bonchev–Trinajstić information content (AvgIpc) is 1.61. The summed E-state index contributed by atoms with van der Waals surface area (Å²) in [6, 6.07) is 0. The van der Waals surface area contributed by atoms with Crippen LogP contribution >= 0.6 is 0 Å². The first kappa shape index (κ1) is 6.60. The molecule has 0 saturated carbocycles. The van der Waals surface area contributed by atoms with Crippen molar-refractivity contribution in [3.8, 4) is 0 Å². The Kier molecular flexibility index (Phi) is 3.56. The van der Waals surface area contributed by atoms with Gasteiger partial charge in [0.05, 0.1) is 8.80 Å². The standard InChI is InChI=1S/C4H9NOSi/c1-7(2)4-5-3-6/h7H,4H2,1-2H3. The Morgan fingerprint density at radius 1 is 1.71 bits per heavy atom. The first-order chi connectivity index (χ1) is 3.27. The van der Waals surface area contributed by atoms with Gasteiger partial charge in [-0.1, -0.05) is 13.1 Å². The molecule has 0 unspecified atom stereocenters. The van der Waals surface area contributed by atoms with Crippen LogP contribution in [0, 0.1) is 0 Å². The zero-order valence-electron chi connectivity index (χ0n) is 4.64. The van der Waals surface area contributed by atoms with Crippen LogP contribution in [0.5, 0.6) is 0 Å². The second kappa shape index (κ2) is 3.78. The van der Waals surface area contributed by atoms with Crippen molar-refractivity contribution in [1.29, 1.82) is 0 Å². The Bertz CT molecular complexity index is 85.7. The Morgan fingerprint density at radius 2 is 2.29 bits per heavy atom. The molecule has 0 aromatic carbocycles. The van der Waals surface area contributed by atoms with Crippen molar-refractivity contribution >= 4 is 14.9 Å². The molecule has 0 amide bonds. The van der Waals surface area contributed by atoms with E-state index in [0.29, 0.717) is 0 Å². The molecule has 0 bridgehead atoms. The van der Waals surface area contributed by atoms with E-state index in [9.17, 15) is 4.79 Å². The average molecular weight is 115 g/mol. The molecular weight excluding hydrogens is 106 g/mol. The smallest absolute Gasteiger partial charge is 0.211 e. The van der Waals surface area contributed by atoms with Gasteiger partial charge >= 0.3 is 0 Å². The van der Waals surface area contributed by atoms with E-state index >= 15 is 0 Å². The van der Waals surface area contributed by atoms with Gasteiger partial charge in [0.2, 0.25) is 6.08 Å². The van der Waals surface area contributed by atoms with Gasteiger partial charge in [-0.3, -0.25) is 0 Å². The minimum absolute atomic E-state index is 0.617. The molecule has 40 valence electrons. The maximum Gasteiger partial charge on any atom is 0.234 e. The van der Waals surface area contributed by atoms with Crippen molar-refractivity contribution in [1.82, 2.24) is 0 Å². The van der Waals surface area contributed by atoms with Gasteiger partial charge in [0.15, 0.2) is 0 Å². The normalized spacial score (nSPS) is 8.43. The quantitative estimate of drug-likeness (QED) is 0.290. The molecule has 2 nitrogen and oxygen atoms in total. The van der Waals surface area contributed by atoms with Gasteiger partial charge in [-0.15, -0.1) is 0 Å². The van der Waals surface area contributed by atoms with Gasteiger partial charge in [0.1, 0.15) is 0 Å². The molecule has 0 aliphatic heterocycles. The summed E-state index contributed by atoms with van der Waals surface area (Å²) in [5.41, 5.74) is 0. The number of hydrogen-bond donors (Lipinski definition) is 0. The number of hydrogen-bond acceptors (Lipinski definition) is 2. The lowest BCUT2D eigenvalue weighted by atomic mass is 11.4.